The molecule has 6 nitrogen and oxygen atoms in total. The number of hydrogen-bond acceptors (Lipinski definition) is 4. The molecule has 2 rings (SSSR count). The van der Waals surface area contributed by atoms with Crippen LogP contribution in [0.4, 0.5) is 0 Å². The summed E-state index contributed by atoms with van der Waals surface area (Å²) < 4.78 is 0. The summed E-state index contributed by atoms with van der Waals surface area (Å²) in [5.74, 6) is -2.09. The van der Waals surface area contributed by atoms with Gasteiger partial charge in [-0.25, -0.2) is 9.69 Å². The van der Waals surface area contributed by atoms with Crippen LogP contribution in [0.3, 0.4) is 0 Å². The van der Waals surface area contributed by atoms with Crippen LogP contribution in [0.15, 0.2) is 47.5 Å². The summed E-state index contributed by atoms with van der Waals surface area (Å²) in [7, 11) is 1.47. The van der Waals surface area contributed by atoms with Crippen molar-refractivity contribution in [1.29, 1.82) is 0 Å². The number of amides is 2. The minimum absolute atomic E-state index is 0.0467. The Morgan fingerprint density at radius 2 is 1.91 bits per heavy atom. The van der Waals surface area contributed by atoms with E-state index in [4.69, 9.17) is 5.11 Å². The zero-order valence-electron chi connectivity index (χ0n) is 12.2. The van der Waals surface area contributed by atoms with E-state index in [1.807, 2.05) is 0 Å². The van der Waals surface area contributed by atoms with Gasteiger partial charge in [-0.05, 0) is 36.8 Å². The van der Waals surface area contributed by atoms with Crippen LogP contribution in [0.25, 0.3) is 0 Å². The standard InChI is InChI=1S/C16H14N2O4/c1-4-9(2)7-13(17-3)18-14(19)11-6-5-10(16(21)22)8-12(11)15(18)20/h4-8H,1H2,2-3H3,(H,21,22)/b9-7-,17-13?. The Balaban J connectivity index is 2.51. The van der Waals surface area contributed by atoms with Crippen molar-refractivity contribution >= 4 is 23.6 Å². The Labute approximate surface area is 127 Å². The van der Waals surface area contributed by atoms with Crippen LogP contribution in [-0.2, 0) is 0 Å². The Kier molecular flexibility index (Phi) is 4.03. The lowest BCUT2D eigenvalue weighted by atomic mass is 10.1. The Morgan fingerprint density at radius 1 is 1.27 bits per heavy atom. The molecule has 0 spiro atoms. The quantitative estimate of drug-likeness (QED) is 0.401. The summed E-state index contributed by atoms with van der Waals surface area (Å²) in [5.41, 5.74) is 0.925. The maximum atomic E-state index is 12.4. The van der Waals surface area contributed by atoms with Gasteiger partial charge in [0, 0.05) is 7.05 Å². The lowest BCUT2D eigenvalue weighted by molar-refractivity contribution is 0.0695. The van der Waals surface area contributed by atoms with Gasteiger partial charge in [-0.15, -0.1) is 0 Å². The number of nitrogens with zero attached hydrogens (tertiary/aromatic N) is 2. The number of hydrogen-bond donors (Lipinski definition) is 1. The molecular formula is C16H14N2O4. The van der Waals surface area contributed by atoms with Crippen molar-refractivity contribution in [3.8, 4) is 0 Å². The van der Waals surface area contributed by atoms with E-state index in [2.05, 4.69) is 11.6 Å². The number of amidine groups is 1. The van der Waals surface area contributed by atoms with Gasteiger partial charge in [0.25, 0.3) is 11.8 Å². The smallest absolute Gasteiger partial charge is 0.335 e. The van der Waals surface area contributed by atoms with E-state index >= 15 is 0 Å². The average molecular weight is 298 g/mol. The van der Waals surface area contributed by atoms with Gasteiger partial charge in [-0.3, -0.25) is 14.6 Å². The number of rotatable bonds is 3. The highest BCUT2D eigenvalue weighted by atomic mass is 16.4. The molecule has 0 saturated heterocycles. The lowest BCUT2D eigenvalue weighted by Crippen LogP contribution is -2.35. The van der Waals surface area contributed by atoms with E-state index in [9.17, 15) is 14.4 Å². The fourth-order valence-electron chi connectivity index (χ4n) is 2.07. The van der Waals surface area contributed by atoms with Crippen LogP contribution >= 0.6 is 0 Å². The van der Waals surface area contributed by atoms with E-state index in [-0.39, 0.29) is 22.5 Å². The molecule has 0 atom stereocenters. The molecule has 0 radical (unpaired) electrons. The van der Waals surface area contributed by atoms with Crippen molar-refractivity contribution in [2.75, 3.05) is 7.05 Å². The summed E-state index contributed by atoms with van der Waals surface area (Å²) in [6.45, 7) is 5.37. The lowest BCUT2D eigenvalue weighted by Gasteiger charge is -2.13. The molecule has 0 unspecified atom stereocenters. The normalized spacial score (nSPS) is 15.1. The van der Waals surface area contributed by atoms with Gasteiger partial charge < -0.3 is 5.11 Å². The van der Waals surface area contributed by atoms with Crippen molar-refractivity contribution in [3.63, 3.8) is 0 Å². The second-order valence-corrected chi connectivity index (χ2v) is 4.69. The number of aliphatic imine (C=N–C) groups is 1. The number of carbonyl (C=O) groups excluding carboxylic acids is 2. The zero-order valence-corrected chi connectivity index (χ0v) is 12.2. The van der Waals surface area contributed by atoms with Crippen LogP contribution in [0.2, 0.25) is 0 Å². The van der Waals surface area contributed by atoms with Crippen LogP contribution in [0.1, 0.15) is 38.0 Å². The summed E-state index contributed by atoms with van der Waals surface area (Å²) in [5, 5.41) is 8.99. The van der Waals surface area contributed by atoms with Gasteiger partial charge in [-0.1, -0.05) is 12.7 Å². The van der Waals surface area contributed by atoms with E-state index in [0.29, 0.717) is 0 Å². The van der Waals surface area contributed by atoms with Crippen LogP contribution in [0.5, 0.6) is 0 Å². The SMILES string of the molecule is C=C/C(C)=C\C(=NC)N1C(=O)c2ccc(C(=O)O)cc2C1=O. The highest BCUT2D eigenvalue weighted by Gasteiger charge is 2.38. The first kappa shape index (κ1) is 15.4. The Hall–Kier alpha value is -3.02. The number of carbonyl (C=O) groups is 3. The third-order valence-corrected chi connectivity index (χ3v) is 3.27. The zero-order chi connectivity index (χ0) is 16.4. The fraction of sp³-hybridized carbons (Fsp3) is 0.125. The first-order valence-electron chi connectivity index (χ1n) is 6.44. The maximum absolute atomic E-state index is 12.4. The molecule has 1 aromatic carbocycles. The number of fused-ring (bicyclic) bond motifs is 1. The molecule has 1 aliphatic heterocycles. The van der Waals surface area contributed by atoms with Gasteiger partial charge >= 0.3 is 5.97 Å². The Bertz CT molecular complexity index is 759. The van der Waals surface area contributed by atoms with E-state index in [1.54, 1.807) is 19.1 Å². The number of allylic oxidation sites excluding steroid dienone is 2. The molecule has 22 heavy (non-hydrogen) atoms. The molecule has 1 heterocycles. The van der Waals surface area contributed by atoms with Crippen LogP contribution in [0, 0.1) is 0 Å². The third kappa shape index (κ3) is 2.46. The molecule has 6 heteroatoms. The van der Waals surface area contributed by atoms with Crippen molar-refractivity contribution < 1.29 is 19.5 Å². The van der Waals surface area contributed by atoms with E-state index in [1.165, 1.54) is 25.2 Å². The van der Waals surface area contributed by atoms with Crippen molar-refractivity contribution in [1.82, 2.24) is 4.90 Å². The largest absolute Gasteiger partial charge is 0.478 e. The van der Waals surface area contributed by atoms with E-state index in [0.717, 1.165) is 10.5 Å². The predicted molar refractivity (Wildman–Crippen MR) is 81.2 cm³/mol. The second-order valence-electron chi connectivity index (χ2n) is 4.69. The van der Waals surface area contributed by atoms with Gasteiger partial charge in [0.2, 0.25) is 0 Å². The average Bonchev–Trinajstić information content (AvgIpc) is 2.76. The van der Waals surface area contributed by atoms with Crippen molar-refractivity contribution in [3.05, 3.63) is 59.2 Å². The number of aromatic carboxylic acids is 1. The first-order chi connectivity index (χ1) is 10.4. The summed E-state index contributed by atoms with van der Waals surface area (Å²) in [6, 6.07) is 3.84. The summed E-state index contributed by atoms with van der Waals surface area (Å²) in [6.07, 6.45) is 3.14. The molecule has 112 valence electrons. The highest BCUT2D eigenvalue weighted by Crippen LogP contribution is 2.25. The van der Waals surface area contributed by atoms with Gasteiger partial charge in [0.05, 0.1) is 16.7 Å². The molecule has 0 saturated carbocycles. The Morgan fingerprint density at radius 3 is 2.45 bits per heavy atom. The minimum atomic E-state index is -1.16. The van der Waals surface area contributed by atoms with E-state index < -0.39 is 17.8 Å². The molecule has 2 amide bonds. The number of carboxylic acids is 1. The van der Waals surface area contributed by atoms with Crippen LogP contribution in [-0.4, -0.2) is 40.7 Å². The van der Waals surface area contributed by atoms with Gasteiger partial charge in [0.1, 0.15) is 5.84 Å². The van der Waals surface area contributed by atoms with Gasteiger partial charge in [0.15, 0.2) is 0 Å². The molecule has 1 aliphatic rings. The first-order valence-corrected chi connectivity index (χ1v) is 6.44. The minimum Gasteiger partial charge on any atom is -0.478 e. The summed E-state index contributed by atoms with van der Waals surface area (Å²) in [4.78, 5) is 40.7. The topological polar surface area (TPSA) is 87.0 Å². The van der Waals surface area contributed by atoms with Crippen molar-refractivity contribution in [2.24, 2.45) is 4.99 Å². The second kappa shape index (κ2) is 5.77. The molecule has 1 N–H and O–H groups in total. The number of benzene rings is 1. The molecule has 0 fully saturated rings. The fourth-order valence-corrected chi connectivity index (χ4v) is 2.07. The summed E-state index contributed by atoms with van der Waals surface area (Å²) >= 11 is 0. The molecular weight excluding hydrogens is 284 g/mol. The van der Waals surface area contributed by atoms with Gasteiger partial charge in [-0.2, -0.15) is 0 Å². The highest BCUT2D eigenvalue weighted by molar-refractivity contribution is 6.31. The molecule has 0 aliphatic carbocycles. The third-order valence-electron chi connectivity index (χ3n) is 3.27. The van der Waals surface area contributed by atoms with Crippen LogP contribution < -0.4 is 0 Å². The monoisotopic (exact) mass is 298 g/mol. The van der Waals surface area contributed by atoms with Crippen molar-refractivity contribution in [2.45, 2.75) is 6.92 Å². The molecule has 1 aromatic rings. The predicted octanol–water partition coefficient (Wildman–Crippen LogP) is 2.14. The molecule has 0 aromatic heterocycles. The maximum Gasteiger partial charge on any atom is 0.335 e. The number of carboxylic acid groups (broad SMARTS) is 1. The molecule has 0 bridgehead atoms. The number of imide groups is 1.